The van der Waals surface area contributed by atoms with E-state index in [4.69, 9.17) is 0 Å². The Labute approximate surface area is 111 Å². The van der Waals surface area contributed by atoms with Gasteiger partial charge in [-0.2, -0.15) is 5.10 Å². The highest BCUT2D eigenvalue weighted by atomic mass is 16.5. The maximum absolute atomic E-state index is 11.3. The normalized spacial score (nSPS) is 10.7. The van der Waals surface area contributed by atoms with Gasteiger partial charge in [-0.05, 0) is 26.0 Å². The Balaban J connectivity index is 1.94. The van der Waals surface area contributed by atoms with Gasteiger partial charge >= 0.3 is 5.97 Å². The van der Waals surface area contributed by atoms with Gasteiger partial charge < -0.3 is 15.0 Å². The number of nitrogens with one attached hydrogen (secondary N) is 2. The fourth-order valence-electron chi connectivity index (χ4n) is 1.68. The lowest BCUT2D eigenvalue weighted by atomic mass is 10.4. The number of ether oxygens (including phenoxy) is 1. The van der Waals surface area contributed by atoms with E-state index in [1.165, 1.54) is 7.11 Å². The standard InChI is InChI=1S/C13H18N4O2/c1-9(2)17-8-11(7-15-17)14-6-10-4-5-12(16-10)13(18)19-3/h4-5,7-9,14,16H,6H2,1-3H3. The topological polar surface area (TPSA) is 71.9 Å². The van der Waals surface area contributed by atoms with E-state index in [1.54, 1.807) is 12.3 Å². The quantitative estimate of drug-likeness (QED) is 0.810. The molecule has 0 saturated heterocycles. The summed E-state index contributed by atoms with van der Waals surface area (Å²) in [5.41, 5.74) is 2.32. The average Bonchev–Trinajstić information content (AvgIpc) is 3.04. The number of hydrogen-bond acceptors (Lipinski definition) is 4. The van der Waals surface area contributed by atoms with Crippen molar-refractivity contribution in [2.45, 2.75) is 26.4 Å². The van der Waals surface area contributed by atoms with Crippen LogP contribution in [-0.4, -0.2) is 27.8 Å². The van der Waals surface area contributed by atoms with Crippen LogP contribution in [0.15, 0.2) is 24.5 Å². The number of rotatable bonds is 5. The van der Waals surface area contributed by atoms with E-state index < -0.39 is 0 Å². The third-order valence-electron chi connectivity index (χ3n) is 2.77. The van der Waals surface area contributed by atoms with Gasteiger partial charge in [-0.25, -0.2) is 4.79 Å². The molecule has 19 heavy (non-hydrogen) atoms. The van der Waals surface area contributed by atoms with Gasteiger partial charge in [-0.15, -0.1) is 0 Å². The molecule has 0 spiro atoms. The molecule has 0 aliphatic heterocycles. The zero-order chi connectivity index (χ0) is 13.8. The third kappa shape index (κ3) is 3.15. The maximum Gasteiger partial charge on any atom is 0.354 e. The maximum atomic E-state index is 11.3. The van der Waals surface area contributed by atoms with Gasteiger partial charge in [0.25, 0.3) is 0 Å². The molecule has 0 saturated carbocycles. The number of H-pyrrole nitrogens is 1. The van der Waals surface area contributed by atoms with Crippen LogP contribution < -0.4 is 5.32 Å². The Morgan fingerprint density at radius 3 is 2.95 bits per heavy atom. The number of carbonyl (C=O) groups is 1. The fraction of sp³-hybridized carbons (Fsp3) is 0.385. The molecule has 0 aliphatic carbocycles. The van der Waals surface area contributed by atoms with Crippen molar-refractivity contribution < 1.29 is 9.53 Å². The lowest BCUT2D eigenvalue weighted by Gasteiger charge is -2.04. The van der Waals surface area contributed by atoms with Crippen molar-refractivity contribution in [3.63, 3.8) is 0 Å². The van der Waals surface area contributed by atoms with Gasteiger partial charge in [0.2, 0.25) is 0 Å². The lowest BCUT2D eigenvalue weighted by Crippen LogP contribution is -2.03. The molecule has 2 aromatic heterocycles. The summed E-state index contributed by atoms with van der Waals surface area (Å²) < 4.78 is 6.52. The molecule has 0 bridgehead atoms. The minimum absolute atomic E-state index is 0.340. The van der Waals surface area contributed by atoms with Crippen molar-refractivity contribution >= 4 is 11.7 Å². The summed E-state index contributed by atoms with van der Waals surface area (Å²) >= 11 is 0. The fourth-order valence-corrected chi connectivity index (χ4v) is 1.68. The largest absolute Gasteiger partial charge is 0.464 e. The van der Waals surface area contributed by atoms with E-state index in [2.05, 4.69) is 34.0 Å². The van der Waals surface area contributed by atoms with Crippen molar-refractivity contribution in [3.05, 3.63) is 35.9 Å². The van der Waals surface area contributed by atoms with Crippen LogP contribution in [0, 0.1) is 0 Å². The van der Waals surface area contributed by atoms with Crippen LogP contribution in [0.5, 0.6) is 0 Å². The third-order valence-corrected chi connectivity index (χ3v) is 2.77. The molecular weight excluding hydrogens is 244 g/mol. The molecule has 2 aromatic rings. The van der Waals surface area contributed by atoms with Gasteiger partial charge in [0, 0.05) is 17.9 Å². The first kappa shape index (κ1) is 13.2. The number of anilines is 1. The summed E-state index contributed by atoms with van der Waals surface area (Å²) in [5, 5.41) is 7.48. The number of carbonyl (C=O) groups excluding carboxylic acids is 1. The van der Waals surface area contributed by atoms with E-state index in [0.717, 1.165) is 11.4 Å². The number of nitrogens with zero attached hydrogens (tertiary/aromatic N) is 2. The van der Waals surface area contributed by atoms with Crippen LogP contribution in [0.25, 0.3) is 0 Å². The molecular formula is C13H18N4O2. The van der Waals surface area contributed by atoms with Crippen LogP contribution in [-0.2, 0) is 11.3 Å². The first-order valence-electron chi connectivity index (χ1n) is 6.14. The molecule has 6 nitrogen and oxygen atoms in total. The Bertz CT molecular complexity index is 556. The smallest absolute Gasteiger partial charge is 0.354 e. The lowest BCUT2D eigenvalue weighted by molar-refractivity contribution is 0.0594. The highest BCUT2D eigenvalue weighted by Crippen LogP contribution is 2.11. The number of esters is 1. The van der Waals surface area contributed by atoms with E-state index in [1.807, 2.05) is 16.9 Å². The van der Waals surface area contributed by atoms with Gasteiger partial charge in [0.05, 0.1) is 25.5 Å². The molecule has 0 unspecified atom stereocenters. The van der Waals surface area contributed by atoms with Crippen LogP contribution in [0.2, 0.25) is 0 Å². The second kappa shape index (κ2) is 5.60. The van der Waals surface area contributed by atoms with Crippen LogP contribution in [0.4, 0.5) is 5.69 Å². The number of aromatic amines is 1. The van der Waals surface area contributed by atoms with E-state index in [9.17, 15) is 4.79 Å². The zero-order valence-electron chi connectivity index (χ0n) is 11.3. The molecule has 2 N–H and O–H groups in total. The molecule has 2 heterocycles. The van der Waals surface area contributed by atoms with Crippen molar-refractivity contribution in [2.24, 2.45) is 0 Å². The van der Waals surface area contributed by atoms with Crippen molar-refractivity contribution in [1.29, 1.82) is 0 Å². The minimum atomic E-state index is -0.362. The van der Waals surface area contributed by atoms with E-state index >= 15 is 0 Å². The summed E-state index contributed by atoms with van der Waals surface area (Å²) in [7, 11) is 1.36. The number of methoxy groups -OCH3 is 1. The number of hydrogen-bond donors (Lipinski definition) is 2. The molecule has 0 radical (unpaired) electrons. The summed E-state index contributed by atoms with van der Waals surface area (Å²) in [4.78, 5) is 14.3. The average molecular weight is 262 g/mol. The van der Waals surface area contributed by atoms with Gasteiger partial charge in [0.15, 0.2) is 0 Å². The molecule has 0 aromatic carbocycles. The van der Waals surface area contributed by atoms with E-state index in [-0.39, 0.29) is 5.97 Å². The van der Waals surface area contributed by atoms with Crippen LogP contribution in [0.1, 0.15) is 36.1 Å². The Morgan fingerprint density at radius 1 is 1.53 bits per heavy atom. The van der Waals surface area contributed by atoms with Crippen molar-refractivity contribution in [2.75, 3.05) is 12.4 Å². The zero-order valence-corrected chi connectivity index (χ0v) is 11.3. The molecule has 6 heteroatoms. The first-order valence-corrected chi connectivity index (χ1v) is 6.14. The Kier molecular flexibility index (Phi) is 3.89. The highest BCUT2D eigenvalue weighted by Gasteiger charge is 2.08. The summed E-state index contributed by atoms with van der Waals surface area (Å²) in [6.07, 6.45) is 3.74. The van der Waals surface area contributed by atoms with E-state index in [0.29, 0.717) is 18.3 Å². The predicted octanol–water partition coefficient (Wildman–Crippen LogP) is 2.19. The summed E-state index contributed by atoms with van der Waals surface area (Å²) in [5.74, 6) is -0.362. The Morgan fingerprint density at radius 2 is 2.32 bits per heavy atom. The minimum Gasteiger partial charge on any atom is -0.464 e. The summed E-state index contributed by atoms with van der Waals surface area (Å²) in [6, 6.07) is 3.90. The molecule has 102 valence electrons. The van der Waals surface area contributed by atoms with Crippen LogP contribution in [0.3, 0.4) is 0 Å². The van der Waals surface area contributed by atoms with Crippen LogP contribution >= 0.6 is 0 Å². The second-order valence-corrected chi connectivity index (χ2v) is 4.55. The molecule has 0 amide bonds. The summed E-state index contributed by atoms with van der Waals surface area (Å²) in [6.45, 7) is 4.75. The molecule has 0 atom stereocenters. The van der Waals surface area contributed by atoms with Gasteiger partial charge in [0.1, 0.15) is 5.69 Å². The highest BCUT2D eigenvalue weighted by molar-refractivity contribution is 5.87. The number of aromatic nitrogens is 3. The SMILES string of the molecule is COC(=O)c1ccc(CNc2cnn(C(C)C)c2)[nH]1. The molecule has 2 rings (SSSR count). The van der Waals surface area contributed by atoms with Gasteiger partial charge in [-0.3, -0.25) is 4.68 Å². The van der Waals surface area contributed by atoms with Crippen molar-refractivity contribution in [1.82, 2.24) is 14.8 Å². The second-order valence-electron chi connectivity index (χ2n) is 4.55. The Hall–Kier alpha value is -2.24. The molecule has 0 fully saturated rings. The predicted molar refractivity (Wildman–Crippen MR) is 72.1 cm³/mol. The molecule has 0 aliphatic rings. The monoisotopic (exact) mass is 262 g/mol. The van der Waals surface area contributed by atoms with Crippen molar-refractivity contribution in [3.8, 4) is 0 Å². The van der Waals surface area contributed by atoms with Gasteiger partial charge in [-0.1, -0.05) is 0 Å². The first-order chi connectivity index (χ1) is 9.10.